The van der Waals surface area contributed by atoms with E-state index >= 15 is 0 Å². The Labute approximate surface area is 115 Å². The van der Waals surface area contributed by atoms with Gasteiger partial charge in [0.15, 0.2) is 0 Å². The Bertz CT molecular complexity index is 683. The number of fused-ring (bicyclic) bond motifs is 1. The maximum Gasteiger partial charge on any atom is 0.267 e. The van der Waals surface area contributed by atoms with Crippen LogP contribution < -0.4 is 11.5 Å². The normalized spacial score (nSPS) is 10.7. The van der Waals surface area contributed by atoms with Crippen molar-refractivity contribution in [1.29, 1.82) is 0 Å². The molecule has 2 amide bonds. The Kier molecular flexibility index (Phi) is 3.95. The number of carbonyl (C=O) groups is 2. The third-order valence-electron chi connectivity index (χ3n) is 3.06. The number of hydrogen-bond donors (Lipinski definition) is 3. The monoisotopic (exact) mass is 273 g/mol. The third-order valence-corrected chi connectivity index (χ3v) is 3.06. The lowest BCUT2D eigenvalue weighted by Crippen LogP contribution is -2.22. The molecule has 0 atom stereocenters. The molecule has 0 unspecified atom stereocenters. The molecule has 5 N–H and O–H groups in total. The summed E-state index contributed by atoms with van der Waals surface area (Å²) in [6.45, 7) is -0.0662. The van der Waals surface area contributed by atoms with Gasteiger partial charge in [0.05, 0.1) is 11.1 Å². The molecule has 20 heavy (non-hydrogen) atoms. The first-order valence-corrected chi connectivity index (χ1v) is 6.18. The first kappa shape index (κ1) is 14.0. The molecule has 0 bridgehead atoms. The molecule has 1 heterocycles. The average molecular weight is 273 g/mol. The lowest BCUT2D eigenvalue weighted by molar-refractivity contribution is 0.0994. The van der Waals surface area contributed by atoms with Crippen LogP contribution in [-0.2, 0) is 6.42 Å². The van der Waals surface area contributed by atoms with Crippen molar-refractivity contribution >= 4 is 22.7 Å². The summed E-state index contributed by atoms with van der Waals surface area (Å²) in [4.78, 5) is 27.5. The second-order valence-electron chi connectivity index (χ2n) is 4.39. The fourth-order valence-electron chi connectivity index (χ4n) is 2.24. The van der Waals surface area contributed by atoms with E-state index in [0.29, 0.717) is 29.3 Å². The van der Waals surface area contributed by atoms with E-state index < -0.39 is 11.8 Å². The van der Waals surface area contributed by atoms with E-state index in [1.807, 2.05) is 0 Å². The number of aliphatic hydroxyl groups excluding tert-OH is 1. The van der Waals surface area contributed by atoms with Gasteiger partial charge in [0.2, 0.25) is 5.91 Å². The van der Waals surface area contributed by atoms with Crippen LogP contribution in [0.3, 0.4) is 0 Å². The molecular weight excluding hydrogens is 258 g/mol. The lowest BCUT2D eigenvalue weighted by atomic mass is 9.96. The lowest BCUT2D eigenvalue weighted by Gasteiger charge is -2.13. The number of hydrogen-bond acceptors (Lipinski definition) is 4. The van der Waals surface area contributed by atoms with Gasteiger partial charge in [-0.2, -0.15) is 0 Å². The summed E-state index contributed by atoms with van der Waals surface area (Å²) in [6.07, 6.45) is 0.700. The Morgan fingerprint density at radius 1 is 1.15 bits per heavy atom. The number of rotatable bonds is 5. The highest BCUT2D eigenvalue weighted by molar-refractivity contribution is 6.09. The van der Waals surface area contributed by atoms with Crippen LogP contribution in [0.1, 0.15) is 32.8 Å². The fourth-order valence-corrected chi connectivity index (χ4v) is 2.24. The molecule has 2 aromatic rings. The highest BCUT2D eigenvalue weighted by Gasteiger charge is 2.20. The average Bonchev–Trinajstić information content (AvgIpc) is 2.42. The van der Waals surface area contributed by atoms with E-state index in [9.17, 15) is 9.59 Å². The highest BCUT2D eigenvalue weighted by Crippen LogP contribution is 2.24. The molecule has 6 heteroatoms. The summed E-state index contributed by atoms with van der Waals surface area (Å²) in [7, 11) is 0. The van der Waals surface area contributed by atoms with Gasteiger partial charge in [-0.1, -0.05) is 18.2 Å². The zero-order chi connectivity index (χ0) is 14.7. The Morgan fingerprint density at radius 2 is 1.85 bits per heavy atom. The SMILES string of the molecule is NC(=O)c1nc2ccccc2c(C(N)=O)c1CCCO. The van der Waals surface area contributed by atoms with Gasteiger partial charge in [-0.05, 0) is 24.5 Å². The summed E-state index contributed by atoms with van der Waals surface area (Å²) in [5.41, 5.74) is 11.9. The van der Waals surface area contributed by atoms with Crippen LogP contribution in [0.2, 0.25) is 0 Å². The molecule has 0 aliphatic rings. The summed E-state index contributed by atoms with van der Waals surface area (Å²) in [6, 6.07) is 6.91. The van der Waals surface area contributed by atoms with Crippen LogP contribution in [0.15, 0.2) is 24.3 Å². The predicted octanol–water partition coefficient (Wildman–Crippen LogP) is 0.358. The standard InChI is InChI=1S/C14H15N3O3/c15-13(19)11-8-4-1-2-6-10(8)17-12(14(16)20)9(11)5-3-7-18/h1-2,4,6,18H,3,5,7H2,(H2,15,19)(H2,16,20). The number of carbonyl (C=O) groups excluding carboxylic acids is 2. The molecule has 0 saturated heterocycles. The molecule has 1 aromatic carbocycles. The molecule has 104 valence electrons. The summed E-state index contributed by atoms with van der Waals surface area (Å²) < 4.78 is 0. The number of amides is 2. The number of aromatic nitrogens is 1. The van der Waals surface area contributed by atoms with Crippen molar-refractivity contribution in [3.63, 3.8) is 0 Å². The molecule has 0 aliphatic heterocycles. The molecule has 0 saturated carbocycles. The highest BCUT2D eigenvalue weighted by atomic mass is 16.3. The van der Waals surface area contributed by atoms with Crippen molar-refractivity contribution in [1.82, 2.24) is 4.98 Å². The predicted molar refractivity (Wildman–Crippen MR) is 74.2 cm³/mol. The first-order valence-electron chi connectivity index (χ1n) is 6.18. The van der Waals surface area contributed by atoms with Gasteiger partial charge in [0.25, 0.3) is 5.91 Å². The van der Waals surface area contributed by atoms with Crippen molar-refractivity contribution in [3.8, 4) is 0 Å². The second kappa shape index (κ2) is 5.66. The maximum atomic E-state index is 11.8. The van der Waals surface area contributed by atoms with E-state index in [0.717, 1.165) is 0 Å². The molecule has 0 spiro atoms. The van der Waals surface area contributed by atoms with Gasteiger partial charge in [-0.25, -0.2) is 4.98 Å². The van der Waals surface area contributed by atoms with Gasteiger partial charge >= 0.3 is 0 Å². The summed E-state index contributed by atoms with van der Waals surface area (Å²) in [5.74, 6) is -1.36. The number of benzene rings is 1. The van der Waals surface area contributed by atoms with Crippen LogP contribution in [0.5, 0.6) is 0 Å². The number of pyridine rings is 1. The van der Waals surface area contributed by atoms with Crippen LogP contribution in [0.25, 0.3) is 10.9 Å². The molecular formula is C14H15N3O3. The van der Waals surface area contributed by atoms with Crippen molar-refractivity contribution in [2.75, 3.05) is 6.61 Å². The van der Waals surface area contributed by atoms with Crippen molar-refractivity contribution in [2.45, 2.75) is 12.8 Å². The number of para-hydroxylation sites is 1. The Hall–Kier alpha value is -2.47. The number of nitrogens with two attached hydrogens (primary N) is 2. The van der Waals surface area contributed by atoms with Gasteiger partial charge < -0.3 is 16.6 Å². The second-order valence-corrected chi connectivity index (χ2v) is 4.39. The van der Waals surface area contributed by atoms with E-state index in [1.54, 1.807) is 24.3 Å². The van der Waals surface area contributed by atoms with Crippen LogP contribution >= 0.6 is 0 Å². The van der Waals surface area contributed by atoms with E-state index in [4.69, 9.17) is 16.6 Å². The van der Waals surface area contributed by atoms with Gasteiger partial charge in [-0.3, -0.25) is 9.59 Å². The van der Waals surface area contributed by atoms with Gasteiger partial charge in [-0.15, -0.1) is 0 Å². The summed E-state index contributed by atoms with van der Waals surface area (Å²) in [5, 5.41) is 9.53. The number of aliphatic hydroxyl groups is 1. The van der Waals surface area contributed by atoms with Crippen LogP contribution in [0.4, 0.5) is 0 Å². The molecule has 0 fully saturated rings. The first-order chi connectivity index (χ1) is 9.56. The fraction of sp³-hybridized carbons (Fsp3) is 0.214. The molecule has 6 nitrogen and oxygen atoms in total. The smallest absolute Gasteiger partial charge is 0.267 e. The number of primary amides is 2. The minimum absolute atomic E-state index is 0.0333. The zero-order valence-electron chi connectivity index (χ0n) is 10.8. The topological polar surface area (TPSA) is 119 Å². The molecule has 0 radical (unpaired) electrons. The van der Waals surface area contributed by atoms with Crippen molar-refractivity contribution < 1.29 is 14.7 Å². The van der Waals surface area contributed by atoms with E-state index in [2.05, 4.69) is 4.98 Å². The minimum Gasteiger partial charge on any atom is -0.396 e. The molecule has 2 rings (SSSR count). The van der Waals surface area contributed by atoms with E-state index in [-0.39, 0.29) is 17.9 Å². The number of nitrogens with zero attached hydrogens (tertiary/aromatic N) is 1. The summed E-state index contributed by atoms with van der Waals surface area (Å²) >= 11 is 0. The third kappa shape index (κ3) is 2.46. The van der Waals surface area contributed by atoms with Crippen LogP contribution in [-0.4, -0.2) is 28.5 Å². The van der Waals surface area contributed by atoms with Crippen molar-refractivity contribution in [2.24, 2.45) is 11.5 Å². The molecule has 1 aromatic heterocycles. The zero-order valence-corrected chi connectivity index (χ0v) is 10.8. The van der Waals surface area contributed by atoms with E-state index in [1.165, 1.54) is 0 Å². The molecule has 0 aliphatic carbocycles. The van der Waals surface area contributed by atoms with Gasteiger partial charge in [0.1, 0.15) is 5.69 Å². The Morgan fingerprint density at radius 3 is 2.45 bits per heavy atom. The van der Waals surface area contributed by atoms with Crippen LogP contribution in [0, 0.1) is 0 Å². The quantitative estimate of drug-likeness (QED) is 0.728. The maximum absolute atomic E-state index is 11.8. The van der Waals surface area contributed by atoms with Gasteiger partial charge in [0, 0.05) is 12.0 Å². The Balaban J connectivity index is 2.81. The largest absolute Gasteiger partial charge is 0.396 e. The minimum atomic E-state index is -0.716. The van der Waals surface area contributed by atoms with Crippen molar-refractivity contribution in [3.05, 3.63) is 41.1 Å².